The maximum Gasteiger partial charge on any atom is 0.227 e. The summed E-state index contributed by atoms with van der Waals surface area (Å²) in [6.45, 7) is 3.96. The molecule has 4 heteroatoms. The van der Waals surface area contributed by atoms with E-state index in [0.29, 0.717) is 10.7 Å². The molecular formula is C11H15ClN2O. The molecule has 82 valence electrons. The molecule has 0 spiro atoms. The molecule has 1 amide bonds. The molecule has 1 N–H and O–H groups in total. The predicted octanol–water partition coefficient (Wildman–Crippen LogP) is 3.11. The van der Waals surface area contributed by atoms with Gasteiger partial charge in [-0.05, 0) is 12.5 Å². The van der Waals surface area contributed by atoms with E-state index >= 15 is 0 Å². The maximum atomic E-state index is 11.7. The molecule has 0 aromatic carbocycles. The van der Waals surface area contributed by atoms with Crippen molar-refractivity contribution >= 4 is 23.2 Å². The molecule has 15 heavy (non-hydrogen) atoms. The summed E-state index contributed by atoms with van der Waals surface area (Å²) in [5, 5.41) is 3.28. The van der Waals surface area contributed by atoms with E-state index in [9.17, 15) is 4.79 Å². The minimum atomic E-state index is -0.00764. The summed E-state index contributed by atoms with van der Waals surface area (Å²) in [6.07, 6.45) is 5.02. The smallest absolute Gasteiger partial charge is 0.227 e. The molecule has 0 aliphatic carbocycles. The number of hydrogen-bond donors (Lipinski definition) is 1. The highest BCUT2D eigenvalue weighted by atomic mass is 35.5. The number of nitrogens with zero attached hydrogens (tertiary/aromatic N) is 1. The number of hydrogen-bond acceptors (Lipinski definition) is 2. The zero-order chi connectivity index (χ0) is 11.3. The largest absolute Gasteiger partial charge is 0.323 e. The Balaban J connectivity index is 2.62. The van der Waals surface area contributed by atoms with Gasteiger partial charge in [0.2, 0.25) is 5.91 Å². The van der Waals surface area contributed by atoms with Gasteiger partial charge in [0.1, 0.15) is 0 Å². The zero-order valence-corrected chi connectivity index (χ0v) is 9.71. The monoisotopic (exact) mass is 226 g/mol. The first-order valence-electron chi connectivity index (χ1n) is 5.05. The Morgan fingerprint density at radius 2 is 2.40 bits per heavy atom. The molecule has 0 aliphatic heterocycles. The first-order chi connectivity index (χ1) is 7.15. The van der Waals surface area contributed by atoms with E-state index in [1.165, 1.54) is 0 Å². The summed E-state index contributed by atoms with van der Waals surface area (Å²) in [5.41, 5.74) is 0.576. The van der Waals surface area contributed by atoms with Crippen LogP contribution in [0.4, 0.5) is 5.69 Å². The van der Waals surface area contributed by atoms with Crippen molar-refractivity contribution in [2.24, 2.45) is 5.92 Å². The van der Waals surface area contributed by atoms with Crippen molar-refractivity contribution in [3.05, 3.63) is 23.5 Å². The van der Waals surface area contributed by atoms with Crippen molar-refractivity contribution in [2.75, 3.05) is 5.32 Å². The summed E-state index contributed by atoms with van der Waals surface area (Å²) in [5.74, 6) is -0.00183. The molecule has 1 aromatic heterocycles. The SMILES string of the molecule is CCCC(C)C(=O)Nc1cnccc1Cl. The molecule has 1 atom stereocenters. The van der Waals surface area contributed by atoms with Gasteiger partial charge < -0.3 is 5.32 Å². The fourth-order valence-corrected chi connectivity index (χ4v) is 1.44. The number of amides is 1. The normalized spacial score (nSPS) is 12.2. The lowest BCUT2D eigenvalue weighted by molar-refractivity contribution is -0.119. The Kier molecular flexibility index (Phi) is 4.56. The van der Waals surface area contributed by atoms with Crippen LogP contribution in [0.1, 0.15) is 26.7 Å². The quantitative estimate of drug-likeness (QED) is 0.857. The lowest BCUT2D eigenvalue weighted by Gasteiger charge is -2.11. The number of carbonyl (C=O) groups excluding carboxylic acids is 1. The van der Waals surface area contributed by atoms with Crippen LogP contribution >= 0.6 is 11.6 Å². The van der Waals surface area contributed by atoms with Gasteiger partial charge in [0, 0.05) is 12.1 Å². The standard InChI is InChI=1S/C11H15ClN2O/c1-3-4-8(2)11(15)14-10-7-13-6-5-9(10)12/h5-8H,3-4H2,1-2H3,(H,14,15). The minimum absolute atomic E-state index is 0.00581. The second-order valence-electron chi connectivity index (χ2n) is 3.53. The number of halogens is 1. The lowest BCUT2D eigenvalue weighted by Crippen LogP contribution is -2.20. The molecule has 0 fully saturated rings. The Morgan fingerprint density at radius 1 is 1.67 bits per heavy atom. The van der Waals surface area contributed by atoms with E-state index in [1.54, 1.807) is 18.5 Å². The van der Waals surface area contributed by atoms with Gasteiger partial charge in [0.25, 0.3) is 0 Å². The Bertz CT molecular complexity index is 341. The van der Waals surface area contributed by atoms with Gasteiger partial charge >= 0.3 is 0 Å². The highest BCUT2D eigenvalue weighted by Crippen LogP contribution is 2.20. The average Bonchev–Trinajstić information content (AvgIpc) is 2.21. The van der Waals surface area contributed by atoms with Gasteiger partial charge in [0.15, 0.2) is 0 Å². The van der Waals surface area contributed by atoms with Crippen LogP contribution in [0.2, 0.25) is 5.02 Å². The van der Waals surface area contributed by atoms with Crippen molar-refractivity contribution in [3.63, 3.8) is 0 Å². The van der Waals surface area contributed by atoms with Crippen molar-refractivity contribution in [1.29, 1.82) is 0 Å². The molecule has 3 nitrogen and oxygen atoms in total. The minimum Gasteiger partial charge on any atom is -0.323 e. The van der Waals surface area contributed by atoms with E-state index in [-0.39, 0.29) is 11.8 Å². The van der Waals surface area contributed by atoms with Crippen molar-refractivity contribution in [3.8, 4) is 0 Å². The summed E-state index contributed by atoms with van der Waals surface area (Å²) >= 11 is 5.90. The summed E-state index contributed by atoms with van der Waals surface area (Å²) < 4.78 is 0. The van der Waals surface area contributed by atoms with E-state index in [2.05, 4.69) is 17.2 Å². The maximum absolute atomic E-state index is 11.7. The fourth-order valence-electron chi connectivity index (χ4n) is 1.29. The molecule has 1 aromatic rings. The third-order valence-corrected chi connectivity index (χ3v) is 2.52. The van der Waals surface area contributed by atoms with Gasteiger partial charge in [-0.15, -0.1) is 0 Å². The molecule has 0 aliphatic rings. The Hall–Kier alpha value is -1.09. The van der Waals surface area contributed by atoms with Crippen LogP contribution in [0, 0.1) is 5.92 Å². The summed E-state index contributed by atoms with van der Waals surface area (Å²) in [6, 6.07) is 1.65. The van der Waals surface area contributed by atoms with E-state index in [1.807, 2.05) is 6.92 Å². The highest BCUT2D eigenvalue weighted by Gasteiger charge is 2.12. The number of pyridine rings is 1. The zero-order valence-electron chi connectivity index (χ0n) is 8.96. The second-order valence-corrected chi connectivity index (χ2v) is 3.94. The number of nitrogens with one attached hydrogen (secondary N) is 1. The van der Waals surface area contributed by atoms with Gasteiger partial charge in [0.05, 0.1) is 16.9 Å². The van der Waals surface area contributed by atoms with E-state index in [4.69, 9.17) is 11.6 Å². The van der Waals surface area contributed by atoms with Gasteiger partial charge in [-0.3, -0.25) is 9.78 Å². The van der Waals surface area contributed by atoms with Gasteiger partial charge in [-0.1, -0.05) is 31.9 Å². The fraction of sp³-hybridized carbons (Fsp3) is 0.455. The second kappa shape index (κ2) is 5.71. The number of rotatable bonds is 4. The van der Waals surface area contributed by atoms with Gasteiger partial charge in [-0.2, -0.15) is 0 Å². The molecule has 1 unspecified atom stereocenters. The first-order valence-corrected chi connectivity index (χ1v) is 5.43. The topological polar surface area (TPSA) is 42.0 Å². The third-order valence-electron chi connectivity index (χ3n) is 2.20. The Morgan fingerprint density at radius 3 is 3.00 bits per heavy atom. The predicted molar refractivity (Wildman–Crippen MR) is 61.9 cm³/mol. The van der Waals surface area contributed by atoms with Crippen LogP contribution < -0.4 is 5.32 Å². The van der Waals surface area contributed by atoms with Crippen LogP contribution in [0.3, 0.4) is 0 Å². The first kappa shape index (κ1) is 12.0. The number of aromatic nitrogens is 1. The van der Waals surface area contributed by atoms with Crippen molar-refractivity contribution < 1.29 is 4.79 Å². The molecule has 0 saturated heterocycles. The average molecular weight is 227 g/mol. The number of anilines is 1. The summed E-state index contributed by atoms with van der Waals surface area (Å²) in [7, 11) is 0. The highest BCUT2D eigenvalue weighted by molar-refractivity contribution is 6.33. The summed E-state index contributed by atoms with van der Waals surface area (Å²) in [4.78, 5) is 15.6. The third kappa shape index (κ3) is 3.51. The lowest BCUT2D eigenvalue weighted by atomic mass is 10.1. The molecular weight excluding hydrogens is 212 g/mol. The molecule has 1 rings (SSSR count). The van der Waals surface area contributed by atoms with Crippen LogP contribution in [0.5, 0.6) is 0 Å². The van der Waals surface area contributed by atoms with Crippen LogP contribution in [-0.4, -0.2) is 10.9 Å². The van der Waals surface area contributed by atoms with Crippen molar-refractivity contribution in [2.45, 2.75) is 26.7 Å². The van der Waals surface area contributed by atoms with Crippen LogP contribution in [-0.2, 0) is 4.79 Å². The van der Waals surface area contributed by atoms with E-state index in [0.717, 1.165) is 12.8 Å². The van der Waals surface area contributed by atoms with Crippen LogP contribution in [0.15, 0.2) is 18.5 Å². The molecule has 0 saturated carbocycles. The van der Waals surface area contributed by atoms with Crippen molar-refractivity contribution in [1.82, 2.24) is 4.98 Å². The molecule has 0 radical (unpaired) electrons. The van der Waals surface area contributed by atoms with Crippen LogP contribution in [0.25, 0.3) is 0 Å². The number of carbonyl (C=O) groups is 1. The Labute approximate surface area is 94.9 Å². The molecule has 0 bridgehead atoms. The van der Waals surface area contributed by atoms with Gasteiger partial charge in [-0.25, -0.2) is 0 Å². The molecule has 1 heterocycles. The van der Waals surface area contributed by atoms with E-state index < -0.39 is 0 Å².